The van der Waals surface area contributed by atoms with Gasteiger partial charge in [-0.25, -0.2) is 0 Å². The highest BCUT2D eigenvalue weighted by atomic mass is 16.5. The minimum absolute atomic E-state index is 0.709. The highest BCUT2D eigenvalue weighted by Gasteiger charge is 2.33. The van der Waals surface area contributed by atoms with E-state index in [-0.39, 0.29) is 0 Å². The van der Waals surface area contributed by atoms with Gasteiger partial charge in [-0.2, -0.15) is 0 Å². The summed E-state index contributed by atoms with van der Waals surface area (Å²) < 4.78 is 5.53. The Bertz CT molecular complexity index is 193. The van der Waals surface area contributed by atoms with Crippen molar-refractivity contribution in [2.24, 2.45) is 17.8 Å². The quantitative estimate of drug-likeness (QED) is 0.794. The Kier molecular flexibility index (Phi) is 4.66. The first-order valence-electron chi connectivity index (χ1n) is 7.10. The Morgan fingerprint density at radius 3 is 2.38 bits per heavy atom. The second kappa shape index (κ2) is 6.02. The second-order valence-electron chi connectivity index (χ2n) is 5.63. The highest BCUT2D eigenvalue weighted by molar-refractivity contribution is 4.87. The summed E-state index contributed by atoms with van der Waals surface area (Å²) in [5.74, 6) is 2.68. The molecule has 0 radical (unpaired) electrons. The van der Waals surface area contributed by atoms with Gasteiger partial charge in [0.15, 0.2) is 0 Å². The molecule has 2 nitrogen and oxygen atoms in total. The molecule has 2 atom stereocenters. The van der Waals surface area contributed by atoms with Crippen LogP contribution in [0.1, 0.15) is 45.4 Å². The third-order valence-corrected chi connectivity index (χ3v) is 4.78. The van der Waals surface area contributed by atoms with Crippen molar-refractivity contribution in [2.75, 3.05) is 20.3 Å². The average Bonchev–Trinajstić information content (AvgIpc) is 2.85. The Hall–Kier alpha value is -0.0800. The maximum absolute atomic E-state index is 5.53. The number of hydrogen-bond donors (Lipinski definition) is 1. The molecule has 2 heteroatoms. The molecule has 0 aromatic carbocycles. The fourth-order valence-electron chi connectivity index (χ4n) is 3.65. The van der Waals surface area contributed by atoms with E-state index in [4.69, 9.17) is 4.74 Å². The minimum atomic E-state index is 0.709. The smallest absolute Gasteiger partial charge is 0.0510 e. The third kappa shape index (κ3) is 2.78. The minimum Gasteiger partial charge on any atom is -0.381 e. The van der Waals surface area contributed by atoms with Crippen LogP contribution in [0.3, 0.4) is 0 Å². The molecule has 1 aliphatic heterocycles. The molecule has 1 aliphatic carbocycles. The van der Waals surface area contributed by atoms with Crippen molar-refractivity contribution in [1.29, 1.82) is 0 Å². The Morgan fingerprint density at radius 1 is 1.12 bits per heavy atom. The fraction of sp³-hybridized carbons (Fsp3) is 1.00. The van der Waals surface area contributed by atoms with Crippen LogP contribution in [0.15, 0.2) is 0 Å². The molecule has 1 saturated carbocycles. The van der Waals surface area contributed by atoms with Crippen molar-refractivity contribution >= 4 is 0 Å². The zero-order valence-electron chi connectivity index (χ0n) is 10.9. The molecule has 0 aromatic heterocycles. The first-order chi connectivity index (χ1) is 7.85. The Morgan fingerprint density at radius 2 is 1.88 bits per heavy atom. The van der Waals surface area contributed by atoms with Crippen LogP contribution in [0.4, 0.5) is 0 Å². The van der Waals surface area contributed by atoms with Gasteiger partial charge >= 0.3 is 0 Å². The van der Waals surface area contributed by atoms with E-state index in [1.807, 2.05) is 0 Å². The summed E-state index contributed by atoms with van der Waals surface area (Å²) in [5, 5.41) is 3.57. The van der Waals surface area contributed by atoms with Crippen molar-refractivity contribution in [3.8, 4) is 0 Å². The molecule has 94 valence electrons. The first kappa shape index (κ1) is 12.4. The van der Waals surface area contributed by atoms with Gasteiger partial charge in [-0.1, -0.05) is 26.2 Å². The van der Waals surface area contributed by atoms with Crippen LogP contribution in [0.2, 0.25) is 0 Å². The zero-order valence-corrected chi connectivity index (χ0v) is 10.9. The van der Waals surface area contributed by atoms with E-state index < -0.39 is 0 Å². The molecule has 16 heavy (non-hydrogen) atoms. The summed E-state index contributed by atoms with van der Waals surface area (Å²) in [5.41, 5.74) is 0. The van der Waals surface area contributed by atoms with Crippen LogP contribution in [0, 0.1) is 17.8 Å². The SMILES string of the molecule is CCC1CCC(C(NC)C2CCOC2)CC1. The van der Waals surface area contributed by atoms with Gasteiger partial charge in [0.05, 0.1) is 6.61 Å². The maximum Gasteiger partial charge on any atom is 0.0510 e. The number of hydrogen-bond acceptors (Lipinski definition) is 2. The summed E-state index contributed by atoms with van der Waals surface area (Å²) >= 11 is 0. The van der Waals surface area contributed by atoms with E-state index in [0.29, 0.717) is 6.04 Å². The van der Waals surface area contributed by atoms with Crippen LogP contribution < -0.4 is 5.32 Å². The van der Waals surface area contributed by atoms with Crippen LogP contribution in [-0.4, -0.2) is 26.3 Å². The van der Waals surface area contributed by atoms with Crippen molar-refractivity contribution < 1.29 is 4.74 Å². The number of rotatable bonds is 4. The number of nitrogens with one attached hydrogen (secondary N) is 1. The summed E-state index contributed by atoms with van der Waals surface area (Å²) in [4.78, 5) is 0. The van der Waals surface area contributed by atoms with Gasteiger partial charge in [-0.3, -0.25) is 0 Å². The molecule has 2 aliphatic rings. The van der Waals surface area contributed by atoms with Crippen molar-refractivity contribution in [3.05, 3.63) is 0 Å². The van der Waals surface area contributed by atoms with Gasteiger partial charge in [-0.05, 0) is 38.1 Å². The zero-order chi connectivity index (χ0) is 11.4. The van der Waals surface area contributed by atoms with E-state index in [2.05, 4.69) is 19.3 Å². The lowest BCUT2D eigenvalue weighted by atomic mass is 9.74. The van der Waals surface area contributed by atoms with Gasteiger partial charge in [-0.15, -0.1) is 0 Å². The van der Waals surface area contributed by atoms with E-state index >= 15 is 0 Å². The van der Waals surface area contributed by atoms with E-state index in [0.717, 1.165) is 31.0 Å². The molecule has 1 N–H and O–H groups in total. The average molecular weight is 225 g/mol. The highest BCUT2D eigenvalue weighted by Crippen LogP contribution is 2.35. The lowest BCUT2D eigenvalue weighted by molar-refractivity contribution is 0.146. The molecular weight excluding hydrogens is 198 g/mol. The normalized spacial score (nSPS) is 37.5. The van der Waals surface area contributed by atoms with Crippen LogP contribution in [-0.2, 0) is 4.74 Å². The van der Waals surface area contributed by atoms with E-state index in [1.54, 1.807) is 0 Å². The second-order valence-corrected chi connectivity index (χ2v) is 5.63. The van der Waals surface area contributed by atoms with Crippen LogP contribution in [0.5, 0.6) is 0 Å². The van der Waals surface area contributed by atoms with Gasteiger partial charge in [0.2, 0.25) is 0 Å². The van der Waals surface area contributed by atoms with Gasteiger partial charge < -0.3 is 10.1 Å². The van der Waals surface area contributed by atoms with Crippen LogP contribution >= 0.6 is 0 Å². The molecule has 0 aromatic rings. The fourth-order valence-corrected chi connectivity index (χ4v) is 3.65. The lowest BCUT2D eigenvalue weighted by Crippen LogP contribution is -2.42. The largest absolute Gasteiger partial charge is 0.381 e. The summed E-state index contributed by atoms with van der Waals surface area (Å²) in [7, 11) is 2.13. The Balaban J connectivity index is 1.85. The molecule has 2 fully saturated rings. The topological polar surface area (TPSA) is 21.3 Å². The van der Waals surface area contributed by atoms with Crippen molar-refractivity contribution in [3.63, 3.8) is 0 Å². The van der Waals surface area contributed by atoms with Crippen molar-refractivity contribution in [1.82, 2.24) is 5.32 Å². The maximum atomic E-state index is 5.53. The van der Waals surface area contributed by atoms with E-state index in [1.165, 1.54) is 38.5 Å². The molecule has 2 rings (SSSR count). The molecule has 0 amide bonds. The number of ether oxygens (including phenoxy) is 1. The predicted octanol–water partition coefficient (Wildman–Crippen LogP) is 2.83. The van der Waals surface area contributed by atoms with Crippen molar-refractivity contribution in [2.45, 2.75) is 51.5 Å². The Labute approximate surface area is 100 Å². The summed E-state index contributed by atoms with van der Waals surface area (Å²) in [6.07, 6.45) is 8.41. The summed E-state index contributed by atoms with van der Waals surface area (Å²) in [6, 6.07) is 0.709. The standard InChI is InChI=1S/C14H27NO/c1-3-11-4-6-12(7-5-11)14(15-2)13-8-9-16-10-13/h11-15H,3-10H2,1-2H3. The van der Waals surface area contributed by atoms with Gasteiger partial charge in [0.1, 0.15) is 0 Å². The molecule has 0 bridgehead atoms. The van der Waals surface area contributed by atoms with Gasteiger partial charge in [0, 0.05) is 18.6 Å². The first-order valence-corrected chi connectivity index (χ1v) is 7.10. The molecule has 1 saturated heterocycles. The van der Waals surface area contributed by atoms with Gasteiger partial charge in [0.25, 0.3) is 0 Å². The third-order valence-electron chi connectivity index (χ3n) is 4.78. The summed E-state index contributed by atoms with van der Waals surface area (Å²) in [6.45, 7) is 4.30. The van der Waals surface area contributed by atoms with Crippen LogP contribution in [0.25, 0.3) is 0 Å². The molecule has 0 spiro atoms. The predicted molar refractivity (Wildman–Crippen MR) is 67.5 cm³/mol. The monoisotopic (exact) mass is 225 g/mol. The molecule has 1 heterocycles. The lowest BCUT2D eigenvalue weighted by Gasteiger charge is -2.36. The molecule has 2 unspecified atom stereocenters. The molecular formula is C14H27NO. The van der Waals surface area contributed by atoms with E-state index in [9.17, 15) is 0 Å².